The number of aromatic nitrogens is 1. The summed E-state index contributed by atoms with van der Waals surface area (Å²) in [5, 5.41) is 10.8. The van der Waals surface area contributed by atoms with Gasteiger partial charge in [-0.1, -0.05) is 6.07 Å². The van der Waals surface area contributed by atoms with Crippen LogP contribution in [0, 0.1) is 17.0 Å². The maximum Gasteiger partial charge on any atom is 0.272 e. The lowest BCUT2D eigenvalue weighted by atomic mass is 10.1. The molecule has 0 aliphatic rings. The van der Waals surface area contributed by atoms with E-state index in [4.69, 9.17) is 0 Å². The number of carbonyl (C=O) groups excluding carboxylic acids is 1. The van der Waals surface area contributed by atoms with Crippen LogP contribution in [0.25, 0.3) is 0 Å². The Hall–Kier alpha value is -2.76. The molecule has 0 spiro atoms. The van der Waals surface area contributed by atoms with E-state index in [1.54, 1.807) is 38.4 Å². The summed E-state index contributed by atoms with van der Waals surface area (Å²) in [5.41, 5.74) is 0.846. The van der Waals surface area contributed by atoms with Gasteiger partial charge in [0, 0.05) is 30.4 Å². The monoisotopic (exact) mass is 271 g/mol. The van der Waals surface area contributed by atoms with Gasteiger partial charge in [-0.3, -0.25) is 19.8 Å². The molecule has 0 radical (unpaired) electrons. The first-order valence-electron chi connectivity index (χ1n) is 5.95. The summed E-state index contributed by atoms with van der Waals surface area (Å²) >= 11 is 0. The Bertz CT molecular complexity index is 656. The van der Waals surface area contributed by atoms with Crippen LogP contribution >= 0.6 is 0 Å². The number of nitro benzene ring substituents is 1. The minimum atomic E-state index is -0.466. The van der Waals surface area contributed by atoms with Gasteiger partial charge in [0.2, 0.25) is 0 Å². The van der Waals surface area contributed by atoms with Gasteiger partial charge in [0.15, 0.2) is 0 Å². The zero-order chi connectivity index (χ0) is 14.7. The second-order valence-corrected chi connectivity index (χ2v) is 4.31. The Labute approximate surface area is 115 Å². The largest absolute Gasteiger partial charge is 0.296 e. The van der Waals surface area contributed by atoms with Crippen LogP contribution in [0.5, 0.6) is 0 Å². The quantitative estimate of drug-likeness (QED) is 0.635. The van der Waals surface area contributed by atoms with Crippen molar-refractivity contribution >= 4 is 17.4 Å². The van der Waals surface area contributed by atoms with E-state index in [0.29, 0.717) is 16.9 Å². The average molecular weight is 271 g/mol. The van der Waals surface area contributed by atoms with Crippen LogP contribution in [0.2, 0.25) is 0 Å². The molecule has 0 unspecified atom stereocenters. The molecule has 1 heterocycles. The van der Waals surface area contributed by atoms with Crippen molar-refractivity contribution in [1.82, 2.24) is 4.98 Å². The van der Waals surface area contributed by atoms with Gasteiger partial charge in [-0.05, 0) is 31.2 Å². The number of nitrogens with zero attached hydrogens (tertiary/aromatic N) is 3. The van der Waals surface area contributed by atoms with E-state index in [1.807, 2.05) is 0 Å². The molecular weight excluding hydrogens is 258 g/mol. The van der Waals surface area contributed by atoms with Crippen LogP contribution in [-0.2, 0) is 0 Å². The highest BCUT2D eigenvalue weighted by Gasteiger charge is 2.17. The summed E-state index contributed by atoms with van der Waals surface area (Å²) in [6.45, 7) is 1.61. The number of pyridine rings is 1. The number of benzene rings is 1. The highest BCUT2D eigenvalue weighted by Crippen LogP contribution is 2.20. The Morgan fingerprint density at radius 3 is 2.60 bits per heavy atom. The molecule has 20 heavy (non-hydrogen) atoms. The number of rotatable bonds is 3. The van der Waals surface area contributed by atoms with Crippen LogP contribution < -0.4 is 4.90 Å². The van der Waals surface area contributed by atoms with Gasteiger partial charge < -0.3 is 0 Å². The zero-order valence-corrected chi connectivity index (χ0v) is 11.1. The SMILES string of the molecule is Cc1cc(C(=O)N(C)c2ccccn2)ccc1[N+](=O)[O-]. The molecule has 0 bridgehead atoms. The third kappa shape index (κ3) is 2.64. The van der Waals surface area contributed by atoms with Crippen molar-refractivity contribution in [3.63, 3.8) is 0 Å². The fourth-order valence-corrected chi connectivity index (χ4v) is 1.84. The van der Waals surface area contributed by atoms with Crippen LogP contribution in [-0.4, -0.2) is 22.9 Å². The number of aryl methyl sites for hydroxylation is 1. The predicted octanol–water partition coefficient (Wildman–Crippen LogP) is 2.57. The van der Waals surface area contributed by atoms with E-state index in [9.17, 15) is 14.9 Å². The predicted molar refractivity (Wildman–Crippen MR) is 74.8 cm³/mol. The standard InChI is InChI=1S/C14H13N3O3/c1-10-9-11(6-7-12(10)17(19)20)14(18)16(2)13-5-3-4-8-15-13/h3-9H,1-2H3. The number of hydrogen-bond donors (Lipinski definition) is 0. The summed E-state index contributed by atoms with van der Waals surface area (Å²) in [6, 6.07) is 9.57. The molecule has 1 aromatic heterocycles. The van der Waals surface area contributed by atoms with E-state index < -0.39 is 4.92 Å². The highest BCUT2D eigenvalue weighted by atomic mass is 16.6. The summed E-state index contributed by atoms with van der Waals surface area (Å²) < 4.78 is 0. The first-order valence-corrected chi connectivity index (χ1v) is 5.95. The van der Waals surface area contributed by atoms with Crippen molar-refractivity contribution in [2.45, 2.75) is 6.92 Å². The summed E-state index contributed by atoms with van der Waals surface area (Å²) in [6.07, 6.45) is 1.60. The number of carbonyl (C=O) groups is 1. The van der Waals surface area contributed by atoms with Gasteiger partial charge in [0.05, 0.1) is 4.92 Å². The molecule has 6 heteroatoms. The maximum atomic E-state index is 12.3. The van der Waals surface area contributed by atoms with Gasteiger partial charge in [-0.2, -0.15) is 0 Å². The molecule has 1 aromatic carbocycles. The topological polar surface area (TPSA) is 76.3 Å². The molecule has 6 nitrogen and oxygen atoms in total. The van der Waals surface area contributed by atoms with Crippen LogP contribution in [0.4, 0.5) is 11.5 Å². The van der Waals surface area contributed by atoms with Gasteiger partial charge in [-0.15, -0.1) is 0 Å². The fourth-order valence-electron chi connectivity index (χ4n) is 1.84. The molecule has 1 amide bonds. The zero-order valence-electron chi connectivity index (χ0n) is 11.1. The van der Waals surface area contributed by atoms with Gasteiger partial charge in [0.25, 0.3) is 11.6 Å². The smallest absolute Gasteiger partial charge is 0.272 e. The highest BCUT2D eigenvalue weighted by molar-refractivity contribution is 6.05. The Morgan fingerprint density at radius 2 is 2.05 bits per heavy atom. The van der Waals surface area contributed by atoms with Crippen molar-refractivity contribution in [2.24, 2.45) is 0 Å². The Morgan fingerprint density at radius 1 is 1.30 bits per heavy atom. The van der Waals surface area contributed by atoms with Crippen LogP contribution in [0.15, 0.2) is 42.6 Å². The third-order valence-electron chi connectivity index (χ3n) is 2.94. The number of amides is 1. The molecule has 0 saturated carbocycles. The molecule has 2 rings (SSSR count). The summed E-state index contributed by atoms with van der Waals surface area (Å²) in [4.78, 5) is 28.1. The Kier molecular flexibility index (Phi) is 3.74. The molecule has 0 aliphatic heterocycles. The van der Waals surface area contributed by atoms with E-state index in [1.165, 1.54) is 23.1 Å². The molecule has 102 valence electrons. The van der Waals surface area contributed by atoms with E-state index >= 15 is 0 Å². The summed E-state index contributed by atoms with van der Waals surface area (Å²) in [7, 11) is 1.61. The third-order valence-corrected chi connectivity index (χ3v) is 2.94. The second-order valence-electron chi connectivity index (χ2n) is 4.31. The van der Waals surface area contributed by atoms with E-state index in [0.717, 1.165) is 0 Å². The number of nitro groups is 1. The molecule has 0 aliphatic carbocycles. The molecule has 0 fully saturated rings. The normalized spacial score (nSPS) is 10.1. The minimum absolute atomic E-state index is 0.00189. The second kappa shape index (κ2) is 5.48. The van der Waals surface area contributed by atoms with Crippen LogP contribution in [0.1, 0.15) is 15.9 Å². The number of hydrogen-bond acceptors (Lipinski definition) is 4. The van der Waals surface area contributed by atoms with E-state index in [2.05, 4.69) is 4.98 Å². The van der Waals surface area contributed by atoms with Crippen molar-refractivity contribution in [1.29, 1.82) is 0 Å². The van der Waals surface area contributed by atoms with Crippen LogP contribution in [0.3, 0.4) is 0 Å². The minimum Gasteiger partial charge on any atom is -0.296 e. The van der Waals surface area contributed by atoms with Gasteiger partial charge in [-0.25, -0.2) is 4.98 Å². The molecule has 2 aromatic rings. The summed E-state index contributed by atoms with van der Waals surface area (Å²) in [5.74, 6) is 0.259. The fraction of sp³-hybridized carbons (Fsp3) is 0.143. The van der Waals surface area contributed by atoms with Gasteiger partial charge in [0.1, 0.15) is 5.82 Å². The number of anilines is 1. The lowest BCUT2D eigenvalue weighted by Gasteiger charge is -2.16. The van der Waals surface area contributed by atoms with Gasteiger partial charge >= 0.3 is 0 Å². The molecular formula is C14H13N3O3. The Balaban J connectivity index is 2.30. The van der Waals surface area contributed by atoms with Crippen molar-refractivity contribution in [3.8, 4) is 0 Å². The molecule has 0 N–H and O–H groups in total. The van der Waals surface area contributed by atoms with E-state index in [-0.39, 0.29) is 11.6 Å². The molecule has 0 atom stereocenters. The first-order chi connectivity index (χ1) is 9.50. The lowest BCUT2D eigenvalue weighted by molar-refractivity contribution is -0.385. The first kappa shape index (κ1) is 13.7. The van der Waals surface area contributed by atoms with Crippen molar-refractivity contribution in [2.75, 3.05) is 11.9 Å². The van der Waals surface area contributed by atoms with Crippen molar-refractivity contribution < 1.29 is 9.72 Å². The maximum absolute atomic E-state index is 12.3. The van der Waals surface area contributed by atoms with Crippen molar-refractivity contribution in [3.05, 3.63) is 63.8 Å². The lowest BCUT2D eigenvalue weighted by Crippen LogP contribution is -2.27. The average Bonchev–Trinajstić information content (AvgIpc) is 2.46. The molecule has 0 saturated heterocycles.